The molecule has 1 heterocycles. The molecule has 0 radical (unpaired) electrons. The van der Waals surface area contributed by atoms with Gasteiger partial charge in [0.05, 0.1) is 5.69 Å². The smallest absolute Gasteiger partial charge is 0.180 e. The monoisotopic (exact) mass is 225 g/mol. The van der Waals surface area contributed by atoms with Crippen molar-refractivity contribution in [2.45, 2.75) is 4.90 Å². The van der Waals surface area contributed by atoms with Crippen molar-refractivity contribution in [3.8, 4) is 6.07 Å². The third-order valence-corrected chi connectivity index (χ3v) is 2.99. The third-order valence-electron chi connectivity index (χ3n) is 1.84. The van der Waals surface area contributed by atoms with E-state index in [1.807, 2.05) is 0 Å². The van der Waals surface area contributed by atoms with Crippen molar-refractivity contribution < 1.29 is 8.42 Å². The van der Waals surface area contributed by atoms with Gasteiger partial charge in [0, 0.05) is 26.5 Å². The zero-order chi connectivity index (χ0) is 11.6. The lowest BCUT2D eigenvalue weighted by atomic mass is 10.3. The SMILES string of the molecule is CN(C)c1ccnc(C#N)c1S(C)(=O)=O. The number of hydrogen-bond acceptors (Lipinski definition) is 5. The molecule has 0 aliphatic rings. The number of pyridine rings is 1. The summed E-state index contributed by atoms with van der Waals surface area (Å²) in [5.41, 5.74) is 0.410. The summed E-state index contributed by atoms with van der Waals surface area (Å²) in [5.74, 6) is 0. The van der Waals surface area contributed by atoms with E-state index < -0.39 is 9.84 Å². The second kappa shape index (κ2) is 3.87. The Balaban J connectivity index is 3.65. The summed E-state index contributed by atoms with van der Waals surface area (Å²) in [4.78, 5) is 5.36. The molecule has 1 aromatic heterocycles. The summed E-state index contributed by atoms with van der Waals surface area (Å²) in [5, 5.41) is 8.79. The van der Waals surface area contributed by atoms with E-state index in [1.165, 1.54) is 6.20 Å². The molecule has 6 heteroatoms. The highest BCUT2D eigenvalue weighted by Crippen LogP contribution is 2.25. The second-order valence-corrected chi connectivity index (χ2v) is 5.24. The fourth-order valence-corrected chi connectivity index (χ4v) is 2.32. The average molecular weight is 225 g/mol. The van der Waals surface area contributed by atoms with Gasteiger partial charge in [-0.3, -0.25) is 0 Å². The lowest BCUT2D eigenvalue weighted by Gasteiger charge is -2.16. The van der Waals surface area contributed by atoms with Crippen LogP contribution in [0.5, 0.6) is 0 Å². The molecule has 0 bridgehead atoms. The molecule has 1 rings (SSSR count). The number of nitrogens with zero attached hydrogens (tertiary/aromatic N) is 3. The number of anilines is 1. The first-order valence-corrected chi connectivity index (χ1v) is 6.03. The highest BCUT2D eigenvalue weighted by molar-refractivity contribution is 7.91. The molecule has 5 nitrogen and oxygen atoms in total. The van der Waals surface area contributed by atoms with Crippen LogP contribution in [-0.4, -0.2) is 33.8 Å². The van der Waals surface area contributed by atoms with Crippen LogP contribution in [0.15, 0.2) is 17.2 Å². The molecule has 0 fully saturated rings. The van der Waals surface area contributed by atoms with E-state index in [-0.39, 0.29) is 10.6 Å². The average Bonchev–Trinajstić information content (AvgIpc) is 2.15. The molecule has 0 aliphatic heterocycles. The van der Waals surface area contributed by atoms with E-state index in [1.54, 1.807) is 31.1 Å². The van der Waals surface area contributed by atoms with Crippen molar-refractivity contribution in [2.24, 2.45) is 0 Å². The Kier molecular flexibility index (Phi) is 2.95. The van der Waals surface area contributed by atoms with Gasteiger partial charge in [0.1, 0.15) is 11.0 Å². The van der Waals surface area contributed by atoms with Crippen LogP contribution in [0.3, 0.4) is 0 Å². The summed E-state index contributed by atoms with van der Waals surface area (Å²) in [7, 11) is -0.0210. The van der Waals surface area contributed by atoms with Crippen molar-refractivity contribution in [1.29, 1.82) is 5.26 Å². The molecule has 0 N–H and O–H groups in total. The third kappa shape index (κ3) is 2.25. The molecule has 0 saturated carbocycles. The van der Waals surface area contributed by atoms with Gasteiger partial charge in [-0.1, -0.05) is 0 Å². The first kappa shape index (κ1) is 11.5. The molecule has 0 amide bonds. The number of hydrogen-bond donors (Lipinski definition) is 0. The highest BCUT2D eigenvalue weighted by Gasteiger charge is 2.20. The second-order valence-electron chi connectivity index (χ2n) is 3.29. The summed E-state index contributed by atoms with van der Waals surface area (Å²) in [6, 6.07) is 3.35. The van der Waals surface area contributed by atoms with Gasteiger partial charge in [-0.2, -0.15) is 5.26 Å². The van der Waals surface area contributed by atoms with E-state index >= 15 is 0 Å². The van der Waals surface area contributed by atoms with Gasteiger partial charge in [-0.05, 0) is 6.07 Å². The van der Waals surface area contributed by atoms with Crippen molar-refractivity contribution in [2.75, 3.05) is 25.3 Å². The van der Waals surface area contributed by atoms with E-state index in [4.69, 9.17) is 5.26 Å². The van der Waals surface area contributed by atoms with Crippen LogP contribution in [-0.2, 0) is 9.84 Å². The van der Waals surface area contributed by atoms with Gasteiger partial charge in [0.25, 0.3) is 0 Å². The minimum Gasteiger partial charge on any atom is -0.376 e. The van der Waals surface area contributed by atoms with Crippen LogP contribution in [0.4, 0.5) is 5.69 Å². The van der Waals surface area contributed by atoms with Gasteiger partial charge in [-0.15, -0.1) is 0 Å². The zero-order valence-corrected chi connectivity index (χ0v) is 9.54. The predicted octanol–water partition coefficient (Wildman–Crippen LogP) is 0.423. The van der Waals surface area contributed by atoms with E-state index in [0.717, 1.165) is 6.26 Å². The van der Waals surface area contributed by atoms with Crippen LogP contribution < -0.4 is 4.90 Å². The van der Waals surface area contributed by atoms with E-state index in [0.29, 0.717) is 5.69 Å². The number of sulfone groups is 1. The Morgan fingerprint density at radius 2 is 2.07 bits per heavy atom. The minimum atomic E-state index is -3.45. The standard InChI is InChI=1S/C9H11N3O2S/c1-12(2)8-4-5-11-7(6-10)9(8)15(3,13)14/h4-5H,1-3H3. The predicted molar refractivity (Wildman–Crippen MR) is 56.4 cm³/mol. The van der Waals surface area contributed by atoms with Crippen LogP contribution in [0.25, 0.3) is 0 Å². The first-order chi connectivity index (χ1) is 6.88. The maximum Gasteiger partial charge on any atom is 0.180 e. The van der Waals surface area contributed by atoms with Gasteiger partial charge in [-0.25, -0.2) is 13.4 Å². The maximum atomic E-state index is 11.5. The van der Waals surface area contributed by atoms with Gasteiger partial charge in [0.2, 0.25) is 0 Å². The molecule has 0 atom stereocenters. The van der Waals surface area contributed by atoms with Crippen LogP contribution in [0, 0.1) is 11.3 Å². The number of aromatic nitrogens is 1. The minimum absolute atomic E-state index is 0.0162. The molecule has 0 aromatic carbocycles. The Morgan fingerprint density at radius 3 is 2.47 bits per heavy atom. The Labute approximate surface area is 88.9 Å². The summed E-state index contributed by atoms with van der Waals surface area (Å²) in [6.07, 6.45) is 2.49. The summed E-state index contributed by atoms with van der Waals surface area (Å²) in [6.45, 7) is 0. The molecule has 0 spiro atoms. The highest BCUT2D eigenvalue weighted by atomic mass is 32.2. The normalized spacial score (nSPS) is 10.8. The molecular weight excluding hydrogens is 214 g/mol. The van der Waals surface area contributed by atoms with E-state index in [9.17, 15) is 8.42 Å². The first-order valence-electron chi connectivity index (χ1n) is 4.14. The van der Waals surface area contributed by atoms with Crippen molar-refractivity contribution in [3.63, 3.8) is 0 Å². The van der Waals surface area contributed by atoms with Gasteiger partial charge < -0.3 is 4.90 Å². The summed E-state index contributed by atoms with van der Waals surface area (Å²) < 4.78 is 23.0. The number of rotatable bonds is 2. The van der Waals surface area contributed by atoms with Crippen molar-refractivity contribution in [1.82, 2.24) is 4.98 Å². The molecular formula is C9H11N3O2S. The quantitative estimate of drug-likeness (QED) is 0.729. The van der Waals surface area contributed by atoms with Crippen molar-refractivity contribution >= 4 is 15.5 Å². The topological polar surface area (TPSA) is 74.1 Å². The molecule has 15 heavy (non-hydrogen) atoms. The molecule has 0 aliphatic carbocycles. The summed E-state index contributed by atoms with van der Waals surface area (Å²) >= 11 is 0. The van der Waals surface area contributed by atoms with Crippen LogP contribution in [0.2, 0.25) is 0 Å². The molecule has 1 aromatic rings. The Bertz CT molecular complexity index is 515. The van der Waals surface area contributed by atoms with Gasteiger partial charge in [0.15, 0.2) is 15.5 Å². The Hall–Kier alpha value is -1.61. The number of nitriles is 1. The molecule has 0 unspecified atom stereocenters. The lowest BCUT2D eigenvalue weighted by Crippen LogP contribution is -2.15. The van der Waals surface area contributed by atoms with Crippen LogP contribution >= 0.6 is 0 Å². The van der Waals surface area contributed by atoms with E-state index in [2.05, 4.69) is 4.98 Å². The maximum absolute atomic E-state index is 11.5. The largest absolute Gasteiger partial charge is 0.376 e. The molecule has 0 saturated heterocycles. The fraction of sp³-hybridized carbons (Fsp3) is 0.333. The molecule has 80 valence electrons. The lowest BCUT2D eigenvalue weighted by molar-refractivity contribution is 0.601. The van der Waals surface area contributed by atoms with Gasteiger partial charge >= 0.3 is 0 Å². The van der Waals surface area contributed by atoms with Crippen LogP contribution in [0.1, 0.15) is 5.69 Å². The zero-order valence-electron chi connectivity index (χ0n) is 8.72. The Morgan fingerprint density at radius 1 is 1.47 bits per heavy atom. The van der Waals surface area contributed by atoms with Crippen molar-refractivity contribution in [3.05, 3.63) is 18.0 Å². The fourth-order valence-electron chi connectivity index (χ4n) is 1.24.